The maximum absolute atomic E-state index is 11.9. The molecule has 0 bridgehead atoms. The van der Waals surface area contributed by atoms with E-state index in [1.165, 1.54) is 18.1 Å². The smallest absolute Gasteiger partial charge is 0.354 e. The number of H-pyrrole nitrogens is 1. The number of carboxylic acid groups (broad SMARTS) is 1. The summed E-state index contributed by atoms with van der Waals surface area (Å²) in [6.07, 6.45) is 2.36. The van der Waals surface area contributed by atoms with E-state index < -0.39 is 5.97 Å². The largest absolute Gasteiger partial charge is 0.477 e. The van der Waals surface area contributed by atoms with Gasteiger partial charge < -0.3 is 15.3 Å². The van der Waals surface area contributed by atoms with E-state index >= 15 is 0 Å². The zero-order valence-electron chi connectivity index (χ0n) is 10.9. The average Bonchev–Trinajstić information content (AvgIpc) is 2.92. The van der Waals surface area contributed by atoms with Crippen LogP contribution in [0.25, 0.3) is 0 Å². The predicted molar refractivity (Wildman–Crippen MR) is 77.5 cm³/mol. The third-order valence-corrected chi connectivity index (χ3v) is 5.39. The van der Waals surface area contributed by atoms with Gasteiger partial charge in [0.05, 0.1) is 16.8 Å². The highest BCUT2D eigenvalue weighted by Crippen LogP contribution is 2.38. The molecule has 21 heavy (non-hydrogen) atoms. The second-order valence-corrected chi connectivity index (χ2v) is 6.64. The lowest BCUT2D eigenvalue weighted by Gasteiger charge is -2.46. The molecular weight excluding hydrogens is 314 g/mol. The Morgan fingerprint density at radius 3 is 3.10 bits per heavy atom. The summed E-state index contributed by atoms with van der Waals surface area (Å²) in [5, 5.41) is 19.2. The summed E-state index contributed by atoms with van der Waals surface area (Å²) in [7, 11) is 0. The molecule has 10 heteroatoms. The third-order valence-electron chi connectivity index (χ3n) is 3.18. The molecule has 0 radical (unpaired) electrons. The van der Waals surface area contributed by atoms with Crippen LogP contribution in [0, 0.1) is 0 Å². The van der Waals surface area contributed by atoms with Crippen molar-refractivity contribution in [3.8, 4) is 0 Å². The van der Waals surface area contributed by atoms with Crippen LogP contribution >= 0.6 is 23.5 Å². The number of carboxylic acids is 1. The van der Waals surface area contributed by atoms with Crippen LogP contribution < -0.4 is 5.32 Å². The first kappa shape index (κ1) is 14.3. The van der Waals surface area contributed by atoms with Crippen molar-refractivity contribution in [2.45, 2.75) is 17.0 Å². The van der Waals surface area contributed by atoms with E-state index in [1.807, 2.05) is 4.90 Å². The molecule has 0 spiro atoms. The fraction of sp³-hybridized carbons (Fsp3) is 0.455. The van der Waals surface area contributed by atoms with Gasteiger partial charge in [0.2, 0.25) is 5.91 Å². The number of aliphatic carboxylic acids is 1. The summed E-state index contributed by atoms with van der Waals surface area (Å²) in [5.41, 5.74) is 0.703. The van der Waals surface area contributed by atoms with Crippen LogP contribution in [0.4, 0.5) is 0 Å². The highest BCUT2D eigenvalue weighted by atomic mass is 32.2. The number of amides is 1. The zero-order chi connectivity index (χ0) is 14.8. The molecule has 0 aromatic carbocycles. The SMILES string of the molecule is O=C(CSc1ncn[nH]1)NC1=C(C(=O)O)N2CCC2SC1. The first-order valence-electron chi connectivity index (χ1n) is 6.28. The van der Waals surface area contributed by atoms with Gasteiger partial charge in [0.15, 0.2) is 5.16 Å². The summed E-state index contributed by atoms with van der Waals surface area (Å²) in [6.45, 7) is 0.728. The van der Waals surface area contributed by atoms with Crippen molar-refractivity contribution in [2.24, 2.45) is 0 Å². The Bertz CT molecular complexity index is 589. The van der Waals surface area contributed by atoms with Gasteiger partial charge in [-0.15, -0.1) is 11.8 Å². The van der Waals surface area contributed by atoms with E-state index in [-0.39, 0.29) is 22.7 Å². The molecule has 1 aromatic rings. The molecule has 2 aliphatic heterocycles. The maximum atomic E-state index is 11.9. The van der Waals surface area contributed by atoms with Crippen molar-refractivity contribution >= 4 is 35.4 Å². The van der Waals surface area contributed by atoms with Crippen LogP contribution in [-0.4, -0.2) is 60.5 Å². The molecule has 0 saturated carbocycles. The van der Waals surface area contributed by atoms with Crippen molar-refractivity contribution in [2.75, 3.05) is 18.1 Å². The summed E-state index contributed by atoms with van der Waals surface area (Å²) in [4.78, 5) is 29.1. The summed E-state index contributed by atoms with van der Waals surface area (Å²) < 4.78 is 0. The standard InChI is InChI=1S/C11H13N5O3S2/c17-7(4-21-11-12-5-13-15-11)14-6-3-20-8-1-2-16(8)9(6)10(18)19/h5,8H,1-4H2,(H,14,17)(H,18,19)(H,12,13,15). The number of hydrogen-bond acceptors (Lipinski definition) is 7. The minimum atomic E-state index is -0.988. The molecule has 8 nitrogen and oxygen atoms in total. The molecule has 1 atom stereocenters. The number of carbonyl (C=O) groups excluding carboxylic acids is 1. The molecule has 1 unspecified atom stereocenters. The average molecular weight is 327 g/mol. The highest BCUT2D eigenvalue weighted by Gasteiger charge is 2.39. The summed E-state index contributed by atoms with van der Waals surface area (Å²) in [5.74, 6) is -0.566. The normalized spacial score (nSPS) is 20.8. The van der Waals surface area contributed by atoms with E-state index in [0.717, 1.165) is 13.0 Å². The molecule has 112 valence electrons. The monoisotopic (exact) mass is 327 g/mol. The first-order chi connectivity index (χ1) is 10.1. The second kappa shape index (κ2) is 5.98. The first-order valence-corrected chi connectivity index (χ1v) is 8.31. The zero-order valence-corrected chi connectivity index (χ0v) is 12.5. The molecule has 3 rings (SSSR count). The minimum absolute atomic E-state index is 0.152. The maximum Gasteiger partial charge on any atom is 0.354 e. The van der Waals surface area contributed by atoms with Crippen LogP contribution in [-0.2, 0) is 9.59 Å². The van der Waals surface area contributed by atoms with Gasteiger partial charge in [-0.1, -0.05) is 11.8 Å². The summed E-state index contributed by atoms with van der Waals surface area (Å²) in [6, 6.07) is 0. The Kier molecular flexibility index (Phi) is 4.06. The van der Waals surface area contributed by atoms with Crippen LogP contribution in [0.3, 0.4) is 0 Å². The molecule has 1 saturated heterocycles. The molecule has 1 aromatic heterocycles. The van der Waals surface area contributed by atoms with Gasteiger partial charge in [-0.25, -0.2) is 9.78 Å². The molecule has 2 aliphatic rings. The van der Waals surface area contributed by atoms with Crippen molar-refractivity contribution in [3.05, 3.63) is 17.7 Å². The van der Waals surface area contributed by atoms with E-state index in [1.54, 1.807) is 11.8 Å². The van der Waals surface area contributed by atoms with Gasteiger partial charge in [0, 0.05) is 12.3 Å². The van der Waals surface area contributed by atoms with E-state index in [9.17, 15) is 14.7 Å². The van der Waals surface area contributed by atoms with Gasteiger partial charge in [-0.05, 0) is 6.42 Å². The number of hydrogen-bond donors (Lipinski definition) is 3. The number of aromatic amines is 1. The van der Waals surface area contributed by atoms with Crippen molar-refractivity contribution in [3.63, 3.8) is 0 Å². The van der Waals surface area contributed by atoms with E-state index in [4.69, 9.17) is 0 Å². The van der Waals surface area contributed by atoms with Crippen LogP contribution in [0.5, 0.6) is 0 Å². The van der Waals surface area contributed by atoms with E-state index in [2.05, 4.69) is 20.5 Å². The topological polar surface area (TPSA) is 111 Å². The van der Waals surface area contributed by atoms with Crippen LogP contribution in [0.15, 0.2) is 22.9 Å². The quantitative estimate of drug-likeness (QED) is 0.652. The molecule has 3 heterocycles. The number of rotatable bonds is 5. The lowest BCUT2D eigenvalue weighted by molar-refractivity contribution is -0.135. The highest BCUT2D eigenvalue weighted by molar-refractivity contribution is 8.00. The number of fused-ring (bicyclic) bond motifs is 1. The number of nitrogens with one attached hydrogen (secondary N) is 2. The van der Waals surface area contributed by atoms with Crippen molar-refractivity contribution in [1.29, 1.82) is 0 Å². The van der Waals surface area contributed by atoms with Crippen molar-refractivity contribution in [1.82, 2.24) is 25.4 Å². The fourth-order valence-electron chi connectivity index (χ4n) is 2.16. The van der Waals surface area contributed by atoms with Gasteiger partial charge in [0.1, 0.15) is 12.0 Å². The predicted octanol–water partition coefficient (Wildman–Crippen LogP) is 0.0878. The van der Waals surface area contributed by atoms with Gasteiger partial charge in [-0.3, -0.25) is 9.89 Å². The fourth-order valence-corrected chi connectivity index (χ4v) is 3.97. The Morgan fingerprint density at radius 2 is 2.48 bits per heavy atom. The Morgan fingerprint density at radius 1 is 1.62 bits per heavy atom. The van der Waals surface area contributed by atoms with Gasteiger partial charge in [-0.2, -0.15) is 5.10 Å². The lowest BCUT2D eigenvalue weighted by Crippen LogP contribution is -2.51. The van der Waals surface area contributed by atoms with E-state index in [0.29, 0.717) is 16.6 Å². The molecule has 1 fully saturated rings. The summed E-state index contributed by atoms with van der Waals surface area (Å²) >= 11 is 2.87. The Hall–Kier alpha value is -1.68. The van der Waals surface area contributed by atoms with Crippen molar-refractivity contribution < 1.29 is 14.7 Å². The number of nitrogens with zero attached hydrogens (tertiary/aromatic N) is 3. The molecule has 3 N–H and O–H groups in total. The van der Waals surface area contributed by atoms with Gasteiger partial charge >= 0.3 is 5.97 Å². The van der Waals surface area contributed by atoms with Crippen LogP contribution in [0.2, 0.25) is 0 Å². The second-order valence-electron chi connectivity index (χ2n) is 4.51. The number of carbonyl (C=O) groups is 2. The number of thioether (sulfide) groups is 2. The van der Waals surface area contributed by atoms with Gasteiger partial charge in [0.25, 0.3) is 0 Å². The molecule has 1 amide bonds. The molecular formula is C11H13N5O3S2. The Labute approximate surface area is 128 Å². The minimum Gasteiger partial charge on any atom is -0.477 e. The molecule has 0 aliphatic carbocycles. The number of aromatic nitrogens is 3. The lowest BCUT2D eigenvalue weighted by atomic mass is 10.1. The third kappa shape index (κ3) is 3.00. The Balaban J connectivity index is 1.64. The van der Waals surface area contributed by atoms with Crippen LogP contribution in [0.1, 0.15) is 6.42 Å².